The van der Waals surface area contributed by atoms with Crippen molar-refractivity contribution < 1.29 is 0 Å². The van der Waals surface area contributed by atoms with Crippen LogP contribution >= 0.6 is 12.2 Å². The first-order valence-corrected chi connectivity index (χ1v) is 8.45. The fraction of sp³-hybridized carbons (Fsp3) is 0.350. The summed E-state index contributed by atoms with van der Waals surface area (Å²) in [5, 5.41) is 7.17. The average molecular weight is 327 g/mol. The predicted octanol–water partition coefficient (Wildman–Crippen LogP) is 5.92. The minimum atomic E-state index is 0.160. The van der Waals surface area contributed by atoms with Gasteiger partial charge in [0, 0.05) is 11.4 Å². The van der Waals surface area contributed by atoms with Crippen LogP contribution in [0.4, 0.5) is 11.4 Å². The Labute approximate surface area is 145 Å². The van der Waals surface area contributed by atoms with E-state index in [4.69, 9.17) is 12.2 Å². The number of rotatable bonds is 3. The summed E-state index contributed by atoms with van der Waals surface area (Å²) in [6.07, 6.45) is 0. The lowest BCUT2D eigenvalue weighted by molar-refractivity contribution is 0.590. The molecule has 0 spiro atoms. The molecule has 0 atom stereocenters. The van der Waals surface area contributed by atoms with Gasteiger partial charge in [-0.1, -0.05) is 65.0 Å². The van der Waals surface area contributed by atoms with E-state index in [0.717, 1.165) is 11.4 Å². The van der Waals surface area contributed by atoms with Crippen molar-refractivity contribution in [1.29, 1.82) is 0 Å². The molecule has 2 N–H and O–H groups in total. The molecule has 0 aliphatic rings. The van der Waals surface area contributed by atoms with Crippen LogP contribution in [0.2, 0.25) is 0 Å². The molecule has 2 aromatic carbocycles. The lowest BCUT2D eigenvalue weighted by atomic mass is 9.87. The monoisotopic (exact) mass is 326 g/mol. The zero-order valence-electron chi connectivity index (χ0n) is 14.6. The SMILES string of the molecule is CC(C)c1ccccc1NC(=S)Nc1ccc(C(C)(C)C)cc1. The van der Waals surface area contributed by atoms with Crippen LogP contribution in [-0.2, 0) is 5.41 Å². The molecule has 0 aromatic heterocycles. The van der Waals surface area contributed by atoms with E-state index in [2.05, 4.69) is 87.7 Å². The molecule has 0 fully saturated rings. The Morgan fingerprint density at radius 3 is 2.09 bits per heavy atom. The van der Waals surface area contributed by atoms with Crippen LogP contribution in [0.25, 0.3) is 0 Å². The van der Waals surface area contributed by atoms with Crippen molar-refractivity contribution >= 4 is 28.7 Å². The summed E-state index contributed by atoms with van der Waals surface area (Å²) >= 11 is 5.45. The number of hydrogen-bond donors (Lipinski definition) is 2. The van der Waals surface area contributed by atoms with E-state index in [0.29, 0.717) is 11.0 Å². The predicted molar refractivity (Wildman–Crippen MR) is 106 cm³/mol. The molecule has 0 amide bonds. The molecule has 122 valence electrons. The summed E-state index contributed by atoms with van der Waals surface area (Å²) in [5.74, 6) is 0.451. The van der Waals surface area contributed by atoms with Gasteiger partial charge in [-0.25, -0.2) is 0 Å². The average Bonchev–Trinajstić information content (AvgIpc) is 2.47. The Balaban J connectivity index is 2.06. The molecule has 0 aliphatic carbocycles. The molecule has 0 heterocycles. The van der Waals surface area contributed by atoms with Crippen molar-refractivity contribution in [3.05, 3.63) is 59.7 Å². The van der Waals surface area contributed by atoms with Gasteiger partial charge in [-0.15, -0.1) is 0 Å². The molecular formula is C20H26N2S. The second-order valence-corrected chi connectivity index (χ2v) is 7.56. The molecule has 23 heavy (non-hydrogen) atoms. The summed E-state index contributed by atoms with van der Waals surface area (Å²) in [6.45, 7) is 11.0. The van der Waals surface area contributed by atoms with E-state index in [1.807, 2.05) is 6.07 Å². The fourth-order valence-electron chi connectivity index (χ4n) is 2.45. The van der Waals surface area contributed by atoms with Crippen molar-refractivity contribution in [3.63, 3.8) is 0 Å². The first-order chi connectivity index (χ1) is 10.8. The van der Waals surface area contributed by atoms with Crippen molar-refractivity contribution in [2.45, 2.75) is 46.0 Å². The van der Waals surface area contributed by atoms with Crippen LogP contribution in [0.5, 0.6) is 0 Å². The van der Waals surface area contributed by atoms with Gasteiger partial charge in [-0.2, -0.15) is 0 Å². The third kappa shape index (κ3) is 4.80. The van der Waals surface area contributed by atoms with Gasteiger partial charge in [-0.05, 0) is 52.9 Å². The Hall–Kier alpha value is -1.87. The quantitative estimate of drug-likeness (QED) is 0.685. The molecule has 3 heteroatoms. The smallest absolute Gasteiger partial charge is 0.175 e. The number of benzene rings is 2. The highest BCUT2D eigenvalue weighted by atomic mass is 32.1. The van der Waals surface area contributed by atoms with E-state index >= 15 is 0 Å². The number of nitrogens with one attached hydrogen (secondary N) is 2. The van der Waals surface area contributed by atoms with Gasteiger partial charge in [0.25, 0.3) is 0 Å². The third-order valence-corrected chi connectivity index (χ3v) is 4.04. The lowest BCUT2D eigenvalue weighted by Gasteiger charge is -2.20. The number of para-hydroxylation sites is 1. The van der Waals surface area contributed by atoms with Gasteiger partial charge in [0.1, 0.15) is 0 Å². The maximum atomic E-state index is 5.45. The summed E-state index contributed by atoms with van der Waals surface area (Å²) in [7, 11) is 0. The van der Waals surface area contributed by atoms with Crippen molar-refractivity contribution in [1.82, 2.24) is 0 Å². The molecule has 0 radical (unpaired) electrons. The van der Waals surface area contributed by atoms with E-state index in [-0.39, 0.29) is 5.41 Å². The van der Waals surface area contributed by atoms with Crippen molar-refractivity contribution in [2.24, 2.45) is 0 Å². The molecule has 2 aromatic rings. The fourth-order valence-corrected chi connectivity index (χ4v) is 2.68. The molecule has 0 aliphatic heterocycles. The van der Waals surface area contributed by atoms with Crippen LogP contribution < -0.4 is 10.6 Å². The van der Waals surface area contributed by atoms with Gasteiger partial charge in [0.05, 0.1) is 0 Å². The highest BCUT2D eigenvalue weighted by Crippen LogP contribution is 2.25. The summed E-state index contributed by atoms with van der Waals surface area (Å²) < 4.78 is 0. The molecule has 0 bridgehead atoms. The van der Waals surface area contributed by atoms with Crippen molar-refractivity contribution in [3.8, 4) is 0 Å². The first kappa shape index (κ1) is 17.5. The van der Waals surface area contributed by atoms with Crippen LogP contribution in [0.3, 0.4) is 0 Å². The van der Waals surface area contributed by atoms with Crippen LogP contribution in [0, 0.1) is 0 Å². The number of thiocarbonyl (C=S) groups is 1. The Morgan fingerprint density at radius 1 is 0.913 bits per heavy atom. The Kier molecular flexibility index (Phi) is 5.42. The van der Waals surface area contributed by atoms with Crippen LogP contribution in [0.1, 0.15) is 51.7 Å². The third-order valence-electron chi connectivity index (χ3n) is 3.84. The Morgan fingerprint density at radius 2 is 1.52 bits per heavy atom. The van der Waals surface area contributed by atoms with Gasteiger partial charge in [0.2, 0.25) is 0 Å². The van der Waals surface area contributed by atoms with E-state index in [1.54, 1.807) is 0 Å². The van der Waals surface area contributed by atoms with Gasteiger partial charge >= 0.3 is 0 Å². The lowest BCUT2D eigenvalue weighted by Crippen LogP contribution is -2.20. The molecule has 2 rings (SSSR count). The summed E-state index contributed by atoms with van der Waals surface area (Å²) in [4.78, 5) is 0. The normalized spacial score (nSPS) is 11.4. The largest absolute Gasteiger partial charge is 0.332 e. The Bertz CT molecular complexity index is 667. The maximum absolute atomic E-state index is 5.45. The number of anilines is 2. The molecule has 0 unspecified atom stereocenters. The molecule has 2 nitrogen and oxygen atoms in total. The zero-order chi connectivity index (χ0) is 17.0. The molecule has 0 saturated carbocycles. The zero-order valence-corrected chi connectivity index (χ0v) is 15.4. The minimum Gasteiger partial charge on any atom is -0.332 e. The topological polar surface area (TPSA) is 24.1 Å². The van der Waals surface area contributed by atoms with Crippen molar-refractivity contribution in [2.75, 3.05) is 10.6 Å². The summed E-state index contributed by atoms with van der Waals surface area (Å²) in [6, 6.07) is 16.7. The second kappa shape index (κ2) is 7.14. The standard InChI is InChI=1S/C20H26N2S/c1-14(2)17-8-6-7-9-18(17)22-19(23)21-16-12-10-15(11-13-16)20(3,4)5/h6-14H,1-5H3,(H2,21,22,23). The second-order valence-electron chi connectivity index (χ2n) is 7.15. The van der Waals surface area contributed by atoms with Crippen LogP contribution in [0.15, 0.2) is 48.5 Å². The van der Waals surface area contributed by atoms with E-state index in [1.165, 1.54) is 11.1 Å². The van der Waals surface area contributed by atoms with Gasteiger partial charge < -0.3 is 10.6 Å². The van der Waals surface area contributed by atoms with Gasteiger partial charge in [-0.3, -0.25) is 0 Å². The molecular weight excluding hydrogens is 300 g/mol. The molecule has 0 saturated heterocycles. The first-order valence-electron chi connectivity index (χ1n) is 8.05. The van der Waals surface area contributed by atoms with Crippen LogP contribution in [-0.4, -0.2) is 5.11 Å². The van der Waals surface area contributed by atoms with E-state index < -0.39 is 0 Å². The number of hydrogen-bond acceptors (Lipinski definition) is 1. The van der Waals surface area contributed by atoms with E-state index in [9.17, 15) is 0 Å². The van der Waals surface area contributed by atoms with Gasteiger partial charge in [0.15, 0.2) is 5.11 Å². The highest BCUT2D eigenvalue weighted by Gasteiger charge is 2.13. The minimum absolute atomic E-state index is 0.160. The highest BCUT2D eigenvalue weighted by molar-refractivity contribution is 7.80. The summed E-state index contributed by atoms with van der Waals surface area (Å²) in [5.41, 5.74) is 4.80. The maximum Gasteiger partial charge on any atom is 0.175 e.